The third-order valence-electron chi connectivity index (χ3n) is 4.29. The highest BCUT2D eigenvalue weighted by atomic mass is 32.1. The highest BCUT2D eigenvalue weighted by molar-refractivity contribution is 7.09. The minimum Gasteiger partial charge on any atom is -0.309 e. The molecule has 0 radical (unpaired) electrons. The maximum absolute atomic E-state index is 4.28. The predicted octanol–water partition coefficient (Wildman–Crippen LogP) is 4.40. The summed E-state index contributed by atoms with van der Waals surface area (Å²) in [6.45, 7) is 5.72. The zero-order valence-electron chi connectivity index (χ0n) is 11.7. The highest BCUT2D eigenvalue weighted by Crippen LogP contribution is 2.41. The van der Waals surface area contributed by atoms with Gasteiger partial charge in [0.15, 0.2) is 0 Å². The van der Waals surface area contributed by atoms with Gasteiger partial charge in [-0.25, -0.2) is 0 Å². The average molecular weight is 266 g/mol. The molecule has 2 rings (SSSR count). The Morgan fingerprint density at radius 3 is 2.89 bits per heavy atom. The summed E-state index contributed by atoms with van der Waals surface area (Å²) in [6.07, 6.45) is 10.2. The summed E-state index contributed by atoms with van der Waals surface area (Å²) in [5.74, 6) is 1.71. The third kappa shape index (κ3) is 3.33. The van der Waals surface area contributed by atoms with E-state index >= 15 is 0 Å². The molecule has 3 unspecified atom stereocenters. The quantitative estimate of drug-likeness (QED) is 0.825. The van der Waals surface area contributed by atoms with E-state index in [0.29, 0.717) is 6.04 Å². The Kier molecular flexibility index (Phi) is 5.64. The average Bonchev–Trinajstić information content (AvgIpc) is 2.94. The summed E-state index contributed by atoms with van der Waals surface area (Å²) in [4.78, 5) is 5.71. The van der Waals surface area contributed by atoms with Crippen molar-refractivity contribution in [3.63, 3.8) is 0 Å². The monoisotopic (exact) mass is 266 g/mol. The molecule has 1 aromatic heterocycles. The van der Waals surface area contributed by atoms with E-state index in [1.165, 1.54) is 43.4 Å². The van der Waals surface area contributed by atoms with Gasteiger partial charge in [0.1, 0.15) is 0 Å². The summed E-state index contributed by atoms with van der Waals surface area (Å²) < 4.78 is 0. The molecule has 0 saturated heterocycles. The van der Waals surface area contributed by atoms with Crippen LogP contribution in [0, 0.1) is 11.8 Å². The molecular formula is C15H26N2S. The fourth-order valence-corrected chi connectivity index (χ4v) is 4.09. The largest absolute Gasteiger partial charge is 0.309 e. The molecular weight excluding hydrogens is 240 g/mol. The highest BCUT2D eigenvalue weighted by Gasteiger charge is 2.31. The standard InChI is InChI=1S/C15H26N2S/c1-3-9-17-15(14-10-16-11-18-14)13-8-6-5-7-12(13)4-2/h10-13,15,17H,3-9H2,1-2H3. The maximum atomic E-state index is 4.28. The van der Waals surface area contributed by atoms with Crippen LogP contribution in [-0.4, -0.2) is 11.5 Å². The molecule has 1 heterocycles. The lowest BCUT2D eigenvalue weighted by Crippen LogP contribution is -2.34. The summed E-state index contributed by atoms with van der Waals surface area (Å²) in [7, 11) is 0. The summed E-state index contributed by atoms with van der Waals surface area (Å²) >= 11 is 1.81. The Bertz CT molecular complexity index is 323. The molecule has 2 nitrogen and oxygen atoms in total. The molecule has 18 heavy (non-hydrogen) atoms. The zero-order chi connectivity index (χ0) is 12.8. The SMILES string of the molecule is CCCNC(c1cncs1)C1CCCCC1CC. The van der Waals surface area contributed by atoms with Crippen molar-refractivity contribution >= 4 is 11.3 Å². The Balaban J connectivity index is 2.11. The van der Waals surface area contributed by atoms with E-state index in [0.717, 1.165) is 18.4 Å². The lowest BCUT2D eigenvalue weighted by atomic mass is 9.73. The van der Waals surface area contributed by atoms with Gasteiger partial charge >= 0.3 is 0 Å². The van der Waals surface area contributed by atoms with Crippen LogP contribution in [-0.2, 0) is 0 Å². The van der Waals surface area contributed by atoms with Crippen molar-refractivity contribution in [1.29, 1.82) is 0 Å². The van der Waals surface area contributed by atoms with Gasteiger partial charge in [-0.3, -0.25) is 4.98 Å². The molecule has 3 atom stereocenters. The van der Waals surface area contributed by atoms with Crippen LogP contribution in [0.15, 0.2) is 11.7 Å². The maximum Gasteiger partial charge on any atom is 0.0794 e. The molecule has 1 N–H and O–H groups in total. The predicted molar refractivity (Wildman–Crippen MR) is 78.9 cm³/mol. The molecule has 0 bridgehead atoms. The Hall–Kier alpha value is -0.410. The molecule has 1 aliphatic carbocycles. The summed E-state index contributed by atoms with van der Waals surface area (Å²) in [5, 5.41) is 3.78. The van der Waals surface area contributed by atoms with Crippen molar-refractivity contribution in [2.75, 3.05) is 6.54 Å². The van der Waals surface area contributed by atoms with Crippen molar-refractivity contribution in [3.8, 4) is 0 Å². The van der Waals surface area contributed by atoms with Crippen molar-refractivity contribution in [2.24, 2.45) is 11.8 Å². The van der Waals surface area contributed by atoms with Crippen LogP contribution >= 0.6 is 11.3 Å². The van der Waals surface area contributed by atoms with Crippen LogP contribution in [0.5, 0.6) is 0 Å². The minimum atomic E-state index is 0.544. The number of nitrogens with zero attached hydrogens (tertiary/aromatic N) is 1. The topological polar surface area (TPSA) is 24.9 Å². The number of rotatable bonds is 6. The zero-order valence-corrected chi connectivity index (χ0v) is 12.5. The molecule has 0 aliphatic heterocycles. The van der Waals surface area contributed by atoms with Crippen molar-refractivity contribution in [3.05, 3.63) is 16.6 Å². The molecule has 1 aliphatic rings. The number of aromatic nitrogens is 1. The van der Waals surface area contributed by atoms with E-state index < -0.39 is 0 Å². The molecule has 1 fully saturated rings. The van der Waals surface area contributed by atoms with Crippen molar-refractivity contribution < 1.29 is 0 Å². The molecule has 0 spiro atoms. The van der Waals surface area contributed by atoms with Crippen LogP contribution in [0.3, 0.4) is 0 Å². The van der Waals surface area contributed by atoms with Crippen LogP contribution in [0.1, 0.15) is 63.3 Å². The third-order valence-corrected chi connectivity index (χ3v) is 5.15. The van der Waals surface area contributed by atoms with E-state index in [1.807, 2.05) is 16.8 Å². The van der Waals surface area contributed by atoms with Gasteiger partial charge < -0.3 is 5.32 Å². The van der Waals surface area contributed by atoms with Gasteiger partial charge in [-0.1, -0.05) is 39.5 Å². The molecule has 0 amide bonds. The van der Waals surface area contributed by atoms with Crippen LogP contribution < -0.4 is 5.32 Å². The number of nitrogens with one attached hydrogen (secondary N) is 1. The fourth-order valence-electron chi connectivity index (χ4n) is 3.32. The first-order chi connectivity index (χ1) is 8.86. The summed E-state index contributed by atoms with van der Waals surface area (Å²) in [5.41, 5.74) is 1.97. The second-order valence-corrected chi connectivity index (χ2v) is 6.37. The number of hydrogen-bond donors (Lipinski definition) is 1. The van der Waals surface area contributed by atoms with Gasteiger partial charge in [0, 0.05) is 17.1 Å². The van der Waals surface area contributed by atoms with Gasteiger partial charge in [0.05, 0.1) is 5.51 Å². The van der Waals surface area contributed by atoms with E-state index in [-0.39, 0.29) is 0 Å². The smallest absolute Gasteiger partial charge is 0.0794 e. The molecule has 1 saturated carbocycles. The van der Waals surface area contributed by atoms with E-state index in [2.05, 4.69) is 30.3 Å². The van der Waals surface area contributed by atoms with Crippen molar-refractivity contribution in [1.82, 2.24) is 10.3 Å². The number of hydrogen-bond acceptors (Lipinski definition) is 3. The van der Waals surface area contributed by atoms with Gasteiger partial charge in [-0.05, 0) is 31.2 Å². The Labute approximate surface area is 115 Å². The normalized spacial score (nSPS) is 26.1. The van der Waals surface area contributed by atoms with E-state index in [9.17, 15) is 0 Å². The summed E-state index contributed by atoms with van der Waals surface area (Å²) in [6, 6.07) is 0.544. The first-order valence-electron chi connectivity index (χ1n) is 7.48. The van der Waals surface area contributed by atoms with Gasteiger partial charge in [0.25, 0.3) is 0 Å². The molecule has 0 aromatic carbocycles. The molecule has 102 valence electrons. The van der Waals surface area contributed by atoms with Crippen LogP contribution in [0.2, 0.25) is 0 Å². The lowest BCUT2D eigenvalue weighted by molar-refractivity contribution is 0.177. The second-order valence-electron chi connectivity index (χ2n) is 5.45. The first-order valence-corrected chi connectivity index (χ1v) is 8.36. The Morgan fingerprint density at radius 2 is 2.22 bits per heavy atom. The molecule has 1 aromatic rings. The fraction of sp³-hybridized carbons (Fsp3) is 0.800. The lowest BCUT2D eigenvalue weighted by Gasteiger charge is -2.37. The number of thiazole rings is 1. The van der Waals surface area contributed by atoms with Crippen molar-refractivity contribution in [2.45, 2.75) is 58.4 Å². The van der Waals surface area contributed by atoms with E-state index in [4.69, 9.17) is 0 Å². The minimum absolute atomic E-state index is 0.544. The van der Waals surface area contributed by atoms with Crippen LogP contribution in [0.4, 0.5) is 0 Å². The van der Waals surface area contributed by atoms with Gasteiger partial charge in [-0.2, -0.15) is 0 Å². The second kappa shape index (κ2) is 7.25. The van der Waals surface area contributed by atoms with Crippen LogP contribution in [0.25, 0.3) is 0 Å². The molecule has 3 heteroatoms. The Morgan fingerprint density at radius 1 is 1.39 bits per heavy atom. The van der Waals surface area contributed by atoms with Gasteiger partial charge in [-0.15, -0.1) is 11.3 Å². The van der Waals surface area contributed by atoms with E-state index in [1.54, 1.807) is 0 Å². The first kappa shape index (κ1) is 14.0. The van der Waals surface area contributed by atoms with Gasteiger partial charge in [0.2, 0.25) is 0 Å².